The van der Waals surface area contributed by atoms with Crippen molar-refractivity contribution in [3.63, 3.8) is 0 Å². The maximum Gasteiger partial charge on any atom is 0.252 e. The average molecular weight is 507 g/mol. The van der Waals surface area contributed by atoms with E-state index in [0.29, 0.717) is 42.1 Å². The molecule has 0 radical (unpaired) electrons. The van der Waals surface area contributed by atoms with Crippen LogP contribution in [0.25, 0.3) is 10.9 Å². The standard InChI is InChI=1S/C27H31FN6O3/c1-5-22(25-30-31-32-34(25)27(3,4)6-2)33(14-17-7-9-20(28)10-8-17)15-19-11-18-12-23-24(37-16-36-23)13-21(18)29-26(19)35/h7-13,22H,5-6,14-16H2,1-4H3,(H,29,35)/t22-/m0/s1. The van der Waals surface area contributed by atoms with Crippen LogP contribution in [0.1, 0.15) is 63.5 Å². The van der Waals surface area contributed by atoms with Crippen LogP contribution in [0.15, 0.2) is 47.3 Å². The van der Waals surface area contributed by atoms with Gasteiger partial charge >= 0.3 is 0 Å². The second kappa shape index (κ2) is 9.93. The van der Waals surface area contributed by atoms with Gasteiger partial charge in [0.25, 0.3) is 5.56 Å². The number of fused-ring (bicyclic) bond motifs is 2. The third-order valence-corrected chi connectivity index (χ3v) is 7.14. The van der Waals surface area contributed by atoms with Gasteiger partial charge in [0.1, 0.15) is 5.82 Å². The predicted molar refractivity (Wildman–Crippen MR) is 137 cm³/mol. The van der Waals surface area contributed by atoms with Crippen molar-refractivity contribution in [3.8, 4) is 11.5 Å². The second-order valence-corrected chi connectivity index (χ2v) is 9.99. The van der Waals surface area contributed by atoms with Crippen molar-refractivity contribution in [2.75, 3.05) is 6.79 Å². The summed E-state index contributed by atoms with van der Waals surface area (Å²) < 4.78 is 26.5. The fourth-order valence-electron chi connectivity index (χ4n) is 4.66. The molecule has 0 saturated heterocycles. The molecule has 2 aromatic heterocycles. The van der Waals surface area contributed by atoms with Crippen LogP contribution >= 0.6 is 0 Å². The largest absolute Gasteiger partial charge is 0.454 e. The van der Waals surface area contributed by atoms with E-state index in [2.05, 4.69) is 53.1 Å². The summed E-state index contributed by atoms with van der Waals surface area (Å²) in [5.41, 5.74) is 1.74. The lowest BCUT2D eigenvalue weighted by Gasteiger charge is -2.33. The number of pyridine rings is 1. The quantitative estimate of drug-likeness (QED) is 0.352. The van der Waals surface area contributed by atoms with Gasteiger partial charge in [-0.3, -0.25) is 9.69 Å². The molecule has 0 fully saturated rings. The molecule has 10 heteroatoms. The summed E-state index contributed by atoms with van der Waals surface area (Å²) in [6.07, 6.45) is 1.56. The molecule has 9 nitrogen and oxygen atoms in total. The summed E-state index contributed by atoms with van der Waals surface area (Å²) in [6.45, 7) is 9.36. The molecule has 0 unspecified atom stereocenters. The highest BCUT2D eigenvalue weighted by molar-refractivity contribution is 5.83. The molecule has 0 saturated carbocycles. The van der Waals surface area contributed by atoms with E-state index < -0.39 is 0 Å². The smallest absolute Gasteiger partial charge is 0.252 e. The van der Waals surface area contributed by atoms with E-state index in [-0.39, 0.29) is 29.8 Å². The summed E-state index contributed by atoms with van der Waals surface area (Å²) in [7, 11) is 0. The van der Waals surface area contributed by atoms with E-state index in [1.807, 2.05) is 16.8 Å². The Bertz CT molecular complexity index is 1460. The van der Waals surface area contributed by atoms with Gasteiger partial charge in [-0.05, 0) is 66.9 Å². The van der Waals surface area contributed by atoms with Crippen LogP contribution in [0.5, 0.6) is 11.5 Å². The van der Waals surface area contributed by atoms with E-state index in [1.54, 1.807) is 18.2 Å². The van der Waals surface area contributed by atoms with Crippen molar-refractivity contribution in [2.45, 2.75) is 65.2 Å². The van der Waals surface area contributed by atoms with Crippen molar-refractivity contribution in [1.82, 2.24) is 30.1 Å². The van der Waals surface area contributed by atoms with Crippen LogP contribution in [0, 0.1) is 5.82 Å². The molecule has 4 aromatic rings. The van der Waals surface area contributed by atoms with Crippen LogP contribution < -0.4 is 15.0 Å². The first-order chi connectivity index (χ1) is 17.8. The molecule has 0 bridgehead atoms. The van der Waals surface area contributed by atoms with E-state index in [9.17, 15) is 9.18 Å². The maximum absolute atomic E-state index is 13.6. The minimum absolute atomic E-state index is 0.162. The maximum atomic E-state index is 13.6. The Morgan fingerprint density at radius 1 is 1.11 bits per heavy atom. The molecule has 0 amide bonds. The third-order valence-electron chi connectivity index (χ3n) is 7.14. The van der Waals surface area contributed by atoms with Crippen molar-refractivity contribution < 1.29 is 13.9 Å². The van der Waals surface area contributed by atoms with E-state index in [4.69, 9.17) is 9.47 Å². The zero-order valence-electron chi connectivity index (χ0n) is 21.5. The lowest BCUT2D eigenvalue weighted by molar-refractivity contribution is 0.150. The van der Waals surface area contributed by atoms with E-state index in [1.165, 1.54) is 12.1 Å². The predicted octanol–water partition coefficient (Wildman–Crippen LogP) is 4.68. The topological polar surface area (TPSA) is 98.2 Å². The Balaban J connectivity index is 1.55. The van der Waals surface area contributed by atoms with Gasteiger partial charge in [0.2, 0.25) is 6.79 Å². The first kappa shape index (κ1) is 24.9. The molecule has 0 aliphatic carbocycles. The number of aromatic amines is 1. The Kier molecular flexibility index (Phi) is 6.68. The molecule has 1 aliphatic heterocycles. The molecular weight excluding hydrogens is 475 g/mol. The molecule has 37 heavy (non-hydrogen) atoms. The van der Waals surface area contributed by atoms with Crippen molar-refractivity contribution in [2.24, 2.45) is 0 Å². The highest BCUT2D eigenvalue weighted by Gasteiger charge is 2.31. The number of nitrogens with zero attached hydrogens (tertiary/aromatic N) is 5. The van der Waals surface area contributed by atoms with Crippen LogP contribution in [0.4, 0.5) is 4.39 Å². The second-order valence-electron chi connectivity index (χ2n) is 9.99. The summed E-state index contributed by atoms with van der Waals surface area (Å²) in [5, 5.41) is 13.6. The number of hydrogen-bond donors (Lipinski definition) is 1. The van der Waals surface area contributed by atoms with Crippen LogP contribution in [-0.2, 0) is 18.6 Å². The van der Waals surface area contributed by atoms with Crippen molar-refractivity contribution >= 4 is 10.9 Å². The third kappa shape index (κ3) is 4.93. The molecule has 194 valence electrons. The Labute approximate surface area is 214 Å². The van der Waals surface area contributed by atoms with E-state index >= 15 is 0 Å². The fraction of sp³-hybridized carbons (Fsp3) is 0.407. The number of halogens is 1. The van der Waals surface area contributed by atoms with Gasteiger partial charge in [0, 0.05) is 30.1 Å². The highest BCUT2D eigenvalue weighted by Crippen LogP contribution is 2.36. The number of benzene rings is 2. The molecule has 1 N–H and O–H groups in total. The van der Waals surface area contributed by atoms with Gasteiger partial charge in [0.05, 0.1) is 17.1 Å². The monoisotopic (exact) mass is 506 g/mol. The zero-order valence-corrected chi connectivity index (χ0v) is 21.5. The van der Waals surface area contributed by atoms with Gasteiger partial charge in [-0.25, -0.2) is 9.07 Å². The summed E-state index contributed by atoms with van der Waals surface area (Å²) >= 11 is 0. The van der Waals surface area contributed by atoms with Crippen LogP contribution in [0.3, 0.4) is 0 Å². The molecule has 1 atom stereocenters. The summed E-state index contributed by atoms with van der Waals surface area (Å²) in [6, 6.07) is 11.8. The molecule has 0 spiro atoms. The van der Waals surface area contributed by atoms with Gasteiger partial charge in [-0.2, -0.15) is 0 Å². The lowest BCUT2D eigenvalue weighted by Crippen LogP contribution is -2.36. The minimum Gasteiger partial charge on any atom is -0.454 e. The van der Waals surface area contributed by atoms with Gasteiger partial charge in [-0.15, -0.1) is 5.10 Å². The Morgan fingerprint density at radius 3 is 2.54 bits per heavy atom. The molecule has 2 aromatic carbocycles. The fourth-order valence-corrected chi connectivity index (χ4v) is 4.66. The Morgan fingerprint density at radius 2 is 1.84 bits per heavy atom. The molecule has 3 heterocycles. The van der Waals surface area contributed by atoms with Gasteiger partial charge < -0.3 is 14.5 Å². The number of hydrogen-bond acceptors (Lipinski definition) is 7. The SMILES string of the molecule is CC[C@@H](c1nnnn1C(C)(C)CC)N(Cc1ccc(F)cc1)Cc1cc2cc3c(cc2[nH]c1=O)OCO3. The number of tetrazole rings is 1. The zero-order chi connectivity index (χ0) is 26.2. The number of aromatic nitrogens is 5. The normalized spacial score (nSPS) is 14.0. The van der Waals surface area contributed by atoms with Crippen LogP contribution in [-0.4, -0.2) is 36.9 Å². The van der Waals surface area contributed by atoms with E-state index in [0.717, 1.165) is 23.2 Å². The Hall–Kier alpha value is -3.79. The lowest BCUT2D eigenvalue weighted by atomic mass is 10.0. The molecule has 5 rings (SSSR count). The number of nitrogens with one attached hydrogen (secondary N) is 1. The minimum atomic E-state index is -0.291. The first-order valence-electron chi connectivity index (χ1n) is 12.5. The highest BCUT2D eigenvalue weighted by atomic mass is 19.1. The molecule has 1 aliphatic rings. The van der Waals surface area contributed by atoms with Gasteiger partial charge in [0.15, 0.2) is 17.3 Å². The van der Waals surface area contributed by atoms with Crippen molar-refractivity contribution in [3.05, 3.63) is 75.6 Å². The molecular formula is C27H31FN6O3. The number of H-pyrrole nitrogens is 1. The number of ether oxygens (including phenoxy) is 2. The number of rotatable bonds is 9. The first-order valence-corrected chi connectivity index (χ1v) is 12.5. The summed E-state index contributed by atoms with van der Waals surface area (Å²) in [4.78, 5) is 18.3. The van der Waals surface area contributed by atoms with Crippen molar-refractivity contribution in [1.29, 1.82) is 0 Å². The van der Waals surface area contributed by atoms with Gasteiger partial charge in [-0.1, -0.05) is 26.0 Å². The van der Waals surface area contributed by atoms with Crippen LogP contribution in [0.2, 0.25) is 0 Å². The summed E-state index contributed by atoms with van der Waals surface area (Å²) in [5.74, 6) is 1.71. The average Bonchev–Trinajstić information content (AvgIpc) is 3.55.